The second kappa shape index (κ2) is 14.4. The summed E-state index contributed by atoms with van der Waals surface area (Å²) in [5.74, 6) is 1.94. The Morgan fingerprint density at radius 3 is 1.93 bits per heavy atom. The maximum Gasteiger partial charge on any atom is 0.320 e. The summed E-state index contributed by atoms with van der Waals surface area (Å²) >= 11 is 0. The molecule has 2 rings (SSSR count). The largest absolute Gasteiger partial charge is 0.480 e. The van der Waals surface area contributed by atoms with E-state index in [0.717, 1.165) is 42.4 Å². The van der Waals surface area contributed by atoms with Crippen molar-refractivity contribution in [1.29, 1.82) is 0 Å². The van der Waals surface area contributed by atoms with Crippen LogP contribution in [0.1, 0.15) is 65.9 Å². The molecule has 1 aliphatic carbocycles. The van der Waals surface area contributed by atoms with Crippen LogP contribution in [0.3, 0.4) is 0 Å². The fraction of sp³-hybridized carbons (Fsp3) is 0.652. The molecule has 1 aromatic rings. The number of hydrogen-bond donors (Lipinski definition) is 2. The maximum atomic E-state index is 10.4. The lowest BCUT2D eigenvalue weighted by Crippen LogP contribution is -2.32. The van der Waals surface area contributed by atoms with Crippen molar-refractivity contribution in [3.05, 3.63) is 35.9 Å². The first-order valence-electron chi connectivity index (χ1n) is 10.1. The lowest BCUT2D eigenvalue weighted by molar-refractivity contribution is -0.138. The predicted molar refractivity (Wildman–Crippen MR) is 113 cm³/mol. The lowest BCUT2D eigenvalue weighted by atomic mass is 9.77. The lowest BCUT2D eigenvalue weighted by Gasteiger charge is -2.28. The molecule has 27 heavy (non-hydrogen) atoms. The molecular formula is C23H39NO3. The smallest absolute Gasteiger partial charge is 0.320 e. The van der Waals surface area contributed by atoms with Crippen LogP contribution < -0.4 is 5.73 Å². The summed E-state index contributed by atoms with van der Waals surface area (Å²) in [5.41, 5.74) is 6.30. The van der Waals surface area contributed by atoms with E-state index in [9.17, 15) is 9.59 Å². The average molecular weight is 378 g/mol. The molecule has 1 atom stereocenters. The predicted octanol–water partition coefficient (Wildman–Crippen LogP) is 4.95. The average Bonchev–Trinajstić information content (AvgIpc) is 2.62. The van der Waals surface area contributed by atoms with Crippen LogP contribution >= 0.6 is 0 Å². The molecule has 1 saturated carbocycles. The summed E-state index contributed by atoms with van der Waals surface area (Å²) in [7, 11) is 0. The molecule has 0 unspecified atom stereocenters. The fourth-order valence-electron chi connectivity index (χ4n) is 2.90. The van der Waals surface area contributed by atoms with Crippen molar-refractivity contribution in [2.75, 3.05) is 0 Å². The van der Waals surface area contributed by atoms with E-state index >= 15 is 0 Å². The van der Waals surface area contributed by atoms with Gasteiger partial charge in [-0.3, -0.25) is 4.79 Å². The summed E-state index contributed by atoms with van der Waals surface area (Å²) < 4.78 is 0. The SMILES string of the molecule is CC(C)C.CC(C)C1CCC(C=O)CC1.N[C@H](Cc1ccccc1)C(=O)O. The molecule has 0 spiro atoms. The van der Waals surface area contributed by atoms with Gasteiger partial charge in [-0.1, -0.05) is 65.0 Å². The number of nitrogens with two attached hydrogens (primary N) is 1. The highest BCUT2D eigenvalue weighted by molar-refractivity contribution is 5.73. The van der Waals surface area contributed by atoms with Crippen molar-refractivity contribution in [2.24, 2.45) is 29.4 Å². The number of hydrogen-bond acceptors (Lipinski definition) is 3. The Labute approximate surface area is 165 Å². The van der Waals surface area contributed by atoms with Gasteiger partial charge in [-0.15, -0.1) is 0 Å². The van der Waals surface area contributed by atoms with Crippen LogP contribution in [0, 0.1) is 23.7 Å². The number of carboxylic acids is 1. The minimum atomic E-state index is -0.959. The number of aliphatic carboxylic acids is 1. The third-order valence-corrected chi connectivity index (χ3v) is 4.57. The summed E-state index contributed by atoms with van der Waals surface area (Å²) in [4.78, 5) is 20.8. The highest BCUT2D eigenvalue weighted by Crippen LogP contribution is 2.32. The molecule has 0 bridgehead atoms. The van der Waals surface area contributed by atoms with E-state index in [4.69, 9.17) is 10.8 Å². The van der Waals surface area contributed by atoms with Crippen LogP contribution in [0.2, 0.25) is 0 Å². The van der Waals surface area contributed by atoms with E-state index in [1.807, 2.05) is 30.3 Å². The standard InChI is InChI=1S/C10H18O.C9H11NO2.C4H10/c1-8(2)10-5-3-9(7-11)4-6-10;10-8(9(11)12)6-7-4-2-1-3-5-7;1-4(2)3/h7-10H,3-6H2,1-2H3;1-5,8H,6,10H2,(H,11,12);4H,1-3H3/t;8-;/m.1./s1. The molecule has 0 amide bonds. The monoisotopic (exact) mass is 377 g/mol. The van der Waals surface area contributed by atoms with Crippen molar-refractivity contribution in [1.82, 2.24) is 0 Å². The zero-order chi connectivity index (χ0) is 20.8. The molecule has 4 heteroatoms. The fourth-order valence-corrected chi connectivity index (χ4v) is 2.90. The van der Waals surface area contributed by atoms with Crippen LogP contribution in [0.15, 0.2) is 30.3 Å². The molecule has 3 N–H and O–H groups in total. The number of benzene rings is 1. The Morgan fingerprint density at radius 2 is 1.56 bits per heavy atom. The molecule has 1 aromatic carbocycles. The maximum absolute atomic E-state index is 10.4. The number of carbonyl (C=O) groups excluding carboxylic acids is 1. The summed E-state index contributed by atoms with van der Waals surface area (Å²) in [6.45, 7) is 11.1. The number of aldehydes is 1. The minimum Gasteiger partial charge on any atom is -0.480 e. The van der Waals surface area contributed by atoms with Crippen molar-refractivity contribution >= 4 is 12.3 Å². The number of rotatable bonds is 5. The Morgan fingerprint density at radius 1 is 1.07 bits per heavy atom. The Hall–Kier alpha value is -1.68. The van der Waals surface area contributed by atoms with Crippen LogP contribution in [0.5, 0.6) is 0 Å². The highest BCUT2D eigenvalue weighted by atomic mass is 16.4. The van der Waals surface area contributed by atoms with Gasteiger partial charge >= 0.3 is 5.97 Å². The summed E-state index contributed by atoms with van der Waals surface area (Å²) in [5, 5.41) is 8.52. The molecule has 0 saturated heterocycles. The van der Waals surface area contributed by atoms with Gasteiger partial charge < -0.3 is 15.6 Å². The Balaban J connectivity index is 0.000000421. The van der Waals surface area contributed by atoms with Crippen LogP contribution in [-0.4, -0.2) is 23.4 Å². The van der Waals surface area contributed by atoms with Crippen molar-refractivity contribution in [2.45, 2.75) is 72.8 Å². The van der Waals surface area contributed by atoms with E-state index < -0.39 is 12.0 Å². The van der Waals surface area contributed by atoms with Crippen LogP contribution in [0.25, 0.3) is 0 Å². The summed E-state index contributed by atoms with van der Waals surface area (Å²) in [6, 6.07) is 8.54. The third kappa shape index (κ3) is 13.2. The van der Waals surface area contributed by atoms with Gasteiger partial charge in [0.25, 0.3) is 0 Å². The van der Waals surface area contributed by atoms with E-state index in [1.165, 1.54) is 12.8 Å². The van der Waals surface area contributed by atoms with Gasteiger partial charge in [0.05, 0.1) is 0 Å². The first-order chi connectivity index (χ1) is 12.7. The molecule has 0 heterocycles. The van der Waals surface area contributed by atoms with Crippen LogP contribution in [-0.2, 0) is 16.0 Å². The molecule has 0 radical (unpaired) electrons. The van der Waals surface area contributed by atoms with Gasteiger partial charge in [-0.05, 0) is 55.4 Å². The molecular weight excluding hydrogens is 338 g/mol. The minimum absolute atomic E-state index is 0.380. The second-order valence-electron chi connectivity index (χ2n) is 8.42. The molecule has 154 valence electrons. The quantitative estimate of drug-likeness (QED) is 0.711. The first kappa shape index (κ1) is 25.3. The van der Waals surface area contributed by atoms with Gasteiger partial charge in [0.15, 0.2) is 0 Å². The van der Waals surface area contributed by atoms with Gasteiger partial charge in [-0.2, -0.15) is 0 Å². The van der Waals surface area contributed by atoms with E-state index in [2.05, 4.69) is 34.6 Å². The topological polar surface area (TPSA) is 80.4 Å². The molecule has 4 nitrogen and oxygen atoms in total. The van der Waals surface area contributed by atoms with E-state index in [-0.39, 0.29) is 0 Å². The third-order valence-electron chi connectivity index (χ3n) is 4.57. The van der Waals surface area contributed by atoms with Gasteiger partial charge in [-0.25, -0.2) is 0 Å². The highest BCUT2D eigenvalue weighted by Gasteiger charge is 2.22. The number of carbonyl (C=O) groups is 2. The normalized spacial score (nSPS) is 20.0. The molecule has 1 fully saturated rings. The van der Waals surface area contributed by atoms with E-state index in [0.29, 0.717) is 12.3 Å². The van der Waals surface area contributed by atoms with Crippen molar-refractivity contribution < 1.29 is 14.7 Å². The van der Waals surface area contributed by atoms with Gasteiger partial charge in [0.2, 0.25) is 0 Å². The number of carboxylic acid groups (broad SMARTS) is 1. The van der Waals surface area contributed by atoms with Crippen LogP contribution in [0.4, 0.5) is 0 Å². The Kier molecular flexibility index (Phi) is 13.5. The Bertz CT molecular complexity index is 503. The first-order valence-corrected chi connectivity index (χ1v) is 10.1. The van der Waals surface area contributed by atoms with Crippen molar-refractivity contribution in [3.8, 4) is 0 Å². The van der Waals surface area contributed by atoms with Gasteiger partial charge in [0, 0.05) is 5.92 Å². The second-order valence-corrected chi connectivity index (χ2v) is 8.42. The molecule has 0 aromatic heterocycles. The molecule has 0 aliphatic heterocycles. The van der Waals surface area contributed by atoms with Gasteiger partial charge in [0.1, 0.15) is 12.3 Å². The summed E-state index contributed by atoms with van der Waals surface area (Å²) in [6.07, 6.45) is 6.31. The van der Waals surface area contributed by atoms with Crippen molar-refractivity contribution in [3.63, 3.8) is 0 Å². The zero-order valence-electron chi connectivity index (χ0n) is 17.7. The zero-order valence-corrected chi connectivity index (χ0v) is 17.7. The van der Waals surface area contributed by atoms with E-state index in [1.54, 1.807) is 0 Å². The molecule has 1 aliphatic rings.